The Morgan fingerprint density at radius 2 is 2.12 bits per heavy atom. The van der Waals surface area contributed by atoms with Crippen molar-refractivity contribution < 1.29 is 0 Å². The average molecular weight is 353 g/mol. The number of piperidine rings is 1. The molecule has 0 spiro atoms. The Hall–Kier alpha value is -1.99. The minimum atomic E-state index is 0.0237. The molecule has 3 aromatic rings. The summed E-state index contributed by atoms with van der Waals surface area (Å²) in [6.07, 6.45) is 7.40. The molecular formula is C18H19N5OS. The molecule has 6 nitrogen and oxygen atoms in total. The first-order valence-electron chi connectivity index (χ1n) is 9.12. The van der Waals surface area contributed by atoms with E-state index in [1.807, 2.05) is 6.20 Å². The number of H-pyrrole nitrogens is 2. The molecule has 1 aliphatic carbocycles. The molecule has 2 aliphatic heterocycles. The molecule has 0 amide bonds. The molecule has 6 rings (SSSR count). The summed E-state index contributed by atoms with van der Waals surface area (Å²) < 4.78 is 0.767. The Bertz CT molecular complexity index is 1030. The van der Waals surface area contributed by atoms with Crippen molar-refractivity contribution in [3.63, 3.8) is 0 Å². The van der Waals surface area contributed by atoms with Crippen LogP contribution in [0, 0.1) is 5.92 Å². The van der Waals surface area contributed by atoms with Crippen LogP contribution in [0.1, 0.15) is 42.4 Å². The van der Waals surface area contributed by atoms with Gasteiger partial charge in [-0.3, -0.25) is 14.8 Å². The van der Waals surface area contributed by atoms with E-state index in [4.69, 9.17) is 4.98 Å². The fraction of sp³-hybridized carbons (Fsp3) is 0.500. The normalized spacial score (nSPS) is 27.4. The van der Waals surface area contributed by atoms with Gasteiger partial charge in [-0.15, -0.1) is 11.3 Å². The second-order valence-electron chi connectivity index (χ2n) is 7.47. The monoisotopic (exact) mass is 353 g/mol. The number of thiophene rings is 1. The number of rotatable bonds is 1. The molecular weight excluding hydrogens is 334 g/mol. The zero-order valence-corrected chi connectivity index (χ0v) is 14.7. The van der Waals surface area contributed by atoms with Gasteiger partial charge in [-0.05, 0) is 56.7 Å². The quantitative estimate of drug-likeness (QED) is 0.705. The number of hydrogen-bond acceptors (Lipinski definition) is 5. The van der Waals surface area contributed by atoms with Gasteiger partial charge in [-0.1, -0.05) is 0 Å². The van der Waals surface area contributed by atoms with Gasteiger partial charge in [0.05, 0.1) is 17.8 Å². The van der Waals surface area contributed by atoms with Crippen molar-refractivity contribution in [1.29, 1.82) is 0 Å². The minimum Gasteiger partial charge on any atom is -0.308 e. The van der Waals surface area contributed by atoms with Crippen molar-refractivity contribution in [1.82, 2.24) is 25.1 Å². The highest BCUT2D eigenvalue weighted by atomic mass is 32.1. The Morgan fingerprint density at radius 3 is 2.92 bits per heavy atom. The lowest BCUT2D eigenvalue weighted by Crippen LogP contribution is -2.23. The third-order valence-corrected chi connectivity index (χ3v) is 7.42. The van der Waals surface area contributed by atoms with Crippen LogP contribution in [0.3, 0.4) is 0 Å². The van der Waals surface area contributed by atoms with E-state index < -0.39 is 0 Å². The predicted molar refractivity (Wildman–Crippen MR) is 96.9 cm³/mol. The maximum absolute atomic E-state index is 12.8. The summed E-state index contributed by atoms with van der Waals surface area (Å²) in [5, 5.41) is 7.33. The number of nitrogens with zero attached hydrogens (tertiary/aromatic N) is 3. The summed E-state index contributed by atoms with van der Waals surface area (Å²) in [6.45, 7) is 2.27. The van der Waals surface area contributed by atoms with Crippen molar-refractivity contribution in [3.8, 4) is 10.4 Å². The summed E-state index contributed by atoms with van der Waals surface area (Å²) in [4.78, 5) is 24.6. The van der Waals surface area contributed by atoms with Crippen LogP contribution < -0.4 is 5.56 Å². The maximum atomic E-state index is 12.8. The van der Waals surface area contributed by atoms with E-state index >= 15 is 0 Å². The van der Waals surface area contributed by atoms with Gasteiger partial charge < -0.3 is 4.98 Å². The fourth-order valence-corrected chi connectivity index (χ4v) is 6.21. The van der Waals surface area contributed by atoms with E-state index in [1.165, 1.54) is 29.0 Å². The molecule has 0 saturated carbocycles. The molecule has 2 fully saturated rings. The lowest BCUT2D eigenvalue weighted by atomic mass is 9.99. The first kappa shape index (κ1) is 14.2. The maximum Gasteiger partial charge on any atom is 0.268 e. The van der Waals surface area contributed by atoms with Crippen LogP contribution in [0.25, 0.3) is 20.7 Å². The van der Waals surface area contributed by atoms with Crippen LogP contribution in [0.15, 0.2) is 11.0 Å². The number of aryl methyl sites for hydroxylation is 2. The minimum absolute atomic E-state index is 0.0237. The average Bonchev–Trinajstić information content (AvgIpc) is 3.37. The van der Waals surface area contributed by atoms with E-state index in [-0.39, 0.29) is 5.56 Å². The number of aromatic amines is 2. The molecule has 0 aromatic carbocycles. The summed E-state index contributed by atoms with van der Waals surface area (Å²) in [7, 11) is 0. The predicted octanol–water partition coefficient (Wildman–Crippen LogP) is 2.63. The number of aromatic nitrogens is 4. The van der Waals surface area contributed by atoms with Gasteiger partial charge in [0, 0.05) is 16.1 Å². The highest BCUT2D eigenvalue weighted by Gasteiger charge is 2.42. The van der Waals surface area contributed by atoms with Crippen molar-refractivity contribution >= 4 is 21.6 Å². The summed E-state index contributed by atoms with van der Waals surface area (Å²) >= 11 is 1.58. The molecule has 2 saturated heterocycles. The lowest BCUT2D eigenvalue weighted by molar-refractivity contribution is 0.295. The highest BCUT2D eigenvalue weighted by molar-refractivity contribution is 7.22. The first-order valence-corrected chi connectivity index (χ1v) is 9.93. The molecule has 3 aromatic heterocycles. The smallest absolute Gasteiger partial charge is 0.268 e. The summed E-state index contributed by atoms with van der Waals surface area (Å²) in [5.41, 5.74) is 4.53. The van der Waals surface area contributed by atoms with Crippen LogP contribution >= 0.6 is 11.3 Å². The standard InChI is InChI=1S/C18H19N5OS/c24-18-16-13(20-17(21-18)14-9-4-6-23(14)7-5-9)10-2-1-3-12-11(8-19-22-12)15(10)25-16/h8-9,14H,1-7H2,(H,19,22)(H,20,21,24)/t14-/m0/s1. The molecule has 7 heteroatoms. The van der Waals surface area contributed by atoms with Gasteiger partial charge in [-0.25, -0.2) is 4.98 Å². The Morgan fingerprint density at radius 1 is 1.24 bits per heavy atom. The number of fused-ring (bicyclic) bond motifs is 7. The van der Waals surface area contributed by atoms with Gasteiger partial charge in [-0.2, -0.15) is 5.10 Å². The van der Waals surface area contributed by atoms with Crippen LogP contribution in [0.4, 0.5) is 0 Å². The van der Waals surface area contributed by atoms with E-state index in [0.717, 1.165) is 54.0 Å². The Kier molecular flexibility index (Phi) is 2.85. The van der Waals surface area contributed by atoms with Crippen LogP contribution in [-0.4, -0.2) is 38.2 Å². The third kappa shape index (κ3) is 1.91. The van der Waals surface area contributed by atoms with E-state index in [0.29, 0.717) is 12.0 Å². The third-order valence-electron chi connectivity index (χ3n) is 6.17. The second-order valence-corrected chi connectivity index (χ2v) is 8.49. The van der Waals surface area contributed by atoms with Gasteiger partial charge in [0.15, 0.2) is 0 Å². The molecule has 0 unspecified atom stereocenters. The van der Waals surface area contributed by atoms with E-state index in [2.05, 4.69) is 20.1 Å². The van der Waals surface area contributed by atoms with Crippen molar-refractivity contribution in [2.45, 2.75) is 38.1 Å². The molecule has 128 valence electrons. The van der Waals surface area contributed by atoms with E-state index in [9.17, 15) is 4.79 Å². The molecule has 5 heterocycles. The van der Waals surface area contributed by atoms with Gasteiger partial charge >= 0.3 is 0 Å². The second kappa shape index (κ2) is 5.02. The fourth-order valence-electron chi connectivity index (χ4n) is 4.99. The van der Waals surface area contributed by atoms with Crippen molar-refractivity contribution in [2.75, 3.05) is 13.1 Å². The first-order chi connectivity index (χ1) is 12.3. The molecule has 2 bridgehead atoms. The summed E-state index contributed by atoms with van der Waals surface area (Å²) in [5.74, 6) is 1.54. The van der Waals surface area contributed by atoms with Gasteiger partial charge in [0.25, 0.3) is 5.56 Å². The molecule has 1 atom stereocenters. The molecule has 2 N–H and O–H groups in total. The SMILES string of the molecule is O=c1[nH]c([C@@H]2C3CCN2CC3)nc2c3c(sc12)-c1cn[nH]c1CCC3. The largest absolute Gasteiger partial charge is 0.308 e. The van der Waals surface area contributed by atoms with Gasteiger partial charge in [0.2, 0.25) is 0 Å². The zero-order chi connectivity index (χ0) is 16.5. The topological polar surface area (TPSA) is 77.7 Å². The molecule has 0 radical (unpaired) electrons. The Balaban J connectivity index is 1.58. The molecule has 25 heavy (non-hydrogen) atoms. The van der Waals surface area contributed by atoms with Crippen molar-refractivity contribution in [3.05, 3.63) is 33.6 Å². The van der Waals surface area contributed by atoms with E-state index in [1.54, 1.807) is 11.3 Å². The van der Waals surface area contributed by atoms with Gasteiger partial charge in [0.1, 0.15) is 10.5 Å². The van der Waals surface area contributed by atoms with Crippen molar-refractivity contribution in [2.24, 2.45) is 5.92 Å². The van der Waals surface area contributed by atoms with Crippen LogP contribution in [0.5, 0.6) is 0 Å². The van der Waals surface area contributed by atoms with Crippen LogP contribution in [-0.2, 0) is 12.8 Å². The number of nitrogens with one attached hydrogen (secondary N) is 2. The summed E-state index contributed by atoms with van der Waals surface area (Å²) in [6, 6.07) is 0.308. The zero-order valence-electron chi connectivity index (χ0n) is 13.8. The highest BCUT2D eigenvalue weighted by Crippen LogP contribution is 2.45. The van der Waals surface area contributed by atoms with Crippen LogP contribution in [0.2, 0.25) is 0 Å². The molecule has 3 aliphatic rings. The Labute approximate surface area is 148 Å². The lowest BCUT2D eigenvalue weighted by Gasteiger charge is -2.17. The number of hydrogen-bond donors (Lipinski definition) is 2.